The molecule has 0 bridgehead atoms. The van der Waals surface area contributed by atoms with Crippen molar-refractivity contribution in [3.8, 4) is 23.0 Å². The normalized spacial score (nSPS) is 21.3. The lowest BCUT2D eigenvalue weighted by Gasteiger charge is -2.39. The van der Waals surface area contributed by atoms with Gasteiger partial charge < -0.3 is 24.6 Å². The van der Waals surface area contributed by atoms with Crippen molar-refractivity contribution in [3.05, 3.63) is 52.7 Å². The summed E-state index contributed by atoms with van der Waals surface area (Å²) in [4.78, 5) is 13.2. The van der Waals surface area contributed by atoms with Crippen LogP contribution in [0.1, 0.15) is 43.7 Å². The number of phenols is 1. The second-order valence-corrected chi connectivity index (χ2v) is 8.62. The first-order valence-corrected chi connectivity index (χ1v) is 9.70. The van der Waals surface area contributed by atoms with E-state index in [1.807, 2.05) is 18.2 Å². The zero-order valence-corrected chi connectivity index (χ0v) is 16.7. The number of rotatable bonds is 2. The summed E-state index contributed by atoms with van der Waals surface area (Å²) in [5.41, 5.74) is 4.27. The molecular weight excluding hydrogens is 370 g/mol. The van der Waals surface area contributed by atoms with E-state index >= 15 is 0 Å². The predicted molar refractivity (Wildman–Crippen MR) is 108 cm³/mol. The highest BCUT2D eigenvalue weighted by atomic mass is 16.7. The average Bonchev–Trinajstić information content (AvgIpc) is 3.11. The number of anilines is 1. The molecule has 0 radical (unpaired) electrons. The van der Waals surface area contributed by atoms with Gasteiger partial charge in [-0.2, -0.15) is 0 Å². The van der Waals surface area contributed by atoms with Crippen molar-refractivity contribution in [2.24, 2.45) is 5.41 Å². The van der Waals surface area contributed by atoms with Gasteiger partial charge in [0.05, 0.1) is 7.11 Å². The van der Waals surface area contributed by atoms with E-state index in [0.717, 1.165) is 34.5 Å². The number of methoxy groups -OCH3 is 1. The molecule has 1 aliphatic carbocycles. The number of fused-ring (bicyclic) bond motifs is 2. The van der Waals surface area contributed by atoms with Gasteiger partial charge >= 0.3 is 0 Å². The molecule has 0 amide bonds. The summed E-state index contributed by atoms with van der Waals surface area (Å²) in [6.07, 6.45) is 1.27. The van der Waals surface area contributed by atoms with Gasteiger partial charge in [-0.15, -0.1) is 0 Å². The Labute approximate surface area is 169 Å². The first-order valence-electron chi connectivity index (χ1n) is 9.70. The Kier molecular flexibility index (Phi) is 3.81. The van der Waals surface area contributed by atoms with Crippen molar-refractivity contribution in [2.75, 3.05) is 19.2 Å². The molecule has 150 valence electrons. The first kappa shape index (κ1) is 17.9. The molecule has 6 heteroatoms. The molecular formula is C23H23NO5. The highest BCUT2D eigenvalue weighted by molar-refractivity contribution is 6.01. The van der Waals surface area contributed by atoms with Gasteiger partial charge in [0.25, 0.3) is 0 Å². The molecule has 0 unspecified atom stereocenters. The summed E-state index contributed by atoms with van der Waals surface area (Å²) in [7, 11) is 1.52. The highest BCUT2D eigenvalue weighted by Gasteiger charge is 2.41. The highest BCUT2D eigenvalue weighted by Crippen LogP contribution is 2.52. The molecule has 0 fully saturated rings. The van der Waals surface area contributed by atoms with Crippen LogP contribution in [0.2, 0.25) is 0 Å². The average molecular weight is 393 g/mol. The summed E-state index contributed by atoms with van der Waals surface area (Å²) in [6.45, 7) is 4.41. The molecule has 2 aliphatic heterocycles. The Morgan fingerprint density at radius 3 is 2.62 bits per heavy atom. The van der Waals surface area contributed by atoms with Crippen molar-refractivity contribution in [1.29, 1.82) is 0 Å². The Morgan fingerprint density at radius 2 is 1.90 bits per heavy atom. The number of aromatic hydroxyl groups is 1. The van der Waals surface area contributed by atoms with E-state index in [2.05, 4.69) is 19.2 Å². The fourth-order valence-corrected chi connectivity index (χ4v) is 4.64. The lowest BCUT2D eigenvalue weighted by atomic mass is 9.68. The van der Waals surface area contributed by atoms with Crippen molar-refractivity contribution >= 4 is 11.5 Å². The minimum absolute atomic E-state index is 0.0524. The van der Waals surface area contributed by atoms with Gasteiger partial charge in [0.2, 0.25) is 6.79 Å². The number of phenolic OH excluding ortho intramolecular Hbond substituents is 1. The largest absolute Gasteiger partial charge is 0.504 e. The third-order valence-corrected chi connectivity index (χ3v) is 5.89. The SMILES string of the molecule is COc1ccc([C@H]2C3=C(CC(C)(C)CC3=O)Nc3cc4c(cc32)OCO4)cc1O. The van der Waals surface area contributed by atoms with Crippen molar-refractivity contribution in [3.63, 3.8) is 0 Å². The number of Topliss-reactive ketones (excluding diaryl/α,β-unsaturated/α-hetero) is 1. The van der Waals surface area contributed by atoms with Crippen LogP contribution >= 0.6 is 0 Å². The lowest BCUT2D eigenvalue weighted by Crippen LogP contribution is -2.33. The fourth-order valence-electron chi connectivity index (χ4n) is 4.64. The van der Waals surface area contributed by atoms with Crippen LogP contribution in [0, 0.1) is 5.41 Å². The molecule has 0 spiro atoms. The maximum absolute atomic E-state index is 13.2. The number of benzene rings is 2. The molecule has 2 heterocycles. The molecule has 0 saturated carbocycles. The predicted octanol–water partition coefficient (Wildman–Crippen LogP) is 4.33. The number of hydrogen-bond donors (Lipinski definition) is 2. The van der Waals surface area contributed by atoms with Gasteiger partial charge in [-0.25, -0.2) is 0 Å². The maximum Gasteiger partial charge on any atom is 0.231 e. The lowest BCUT2D eigenvalue weighted by molar-refractivity contribution is -0.118. The minimum atomic E-state index is -0.295. The number of allylic oxidation sites excluding steroid dienone is 2. The Morgan fingerprint density at radius 1 is 1.14 bits per heavy atom. The number of carbonyl (C=O) groups excluding carboxylic acids is 1. The monoisotopic (exact) mass is 393 g/mol. The molecule has 5 rings (SSSR count). The van der Waals surface area contributed by atoms with Gasteiger partial charge in [0, 0.05) is 35.4 Å². The summed E-state index contributed by atoms with van der Waals surface area (Å²) in [5, 5.41) is 13.9. The van der Waals surface area contributed by atoms with Crippen LogP contribution in [0.4, 0.5) is 5.69 Å². The van der Waals surface area contributed by atoms with E-state index in [-0.39, 0.29) is 29.7 Å². The number of ketones is 1. The van der Waals surface area contributed by atoms with E-state index in [4.69, 9.17) is 14.2 Å². The maximum atomic E-state index is 13.2. The Balaban J connectivity index is 1.72. The van der Waals surface area contributed by atoms with Crippen molar-refractivity contribution in [1.82, 2.24) is 0 Å². The van der Waals surface area contributed by atoms with Gasteiger partial charge in [-0.1, -0.05) is 19.9 Å². The summed E-state index contributed by atoms with van der Waals surface area (Å²) in [6, 6.07) is 9.19. The number of carbonyl (C=O) groups is 1. The summed E-state index contributed by atoms with van der Waals surface area (Å²) < 4.78 is 16.3. The number of nitrogens with one attached hydrogen (secondary N) is 1. The van der Waals surface area contributed by atoms with Gasteiger partial charge in [0.1, 0.15) is 0 Å². The summed E-state index contributed by atoms with van der Waals surface area (Å²) >= 11 is 0. The molecule has 2 aromatic carbocycles. The van der Waals surface area contributed by atoms with E-state index in [1.54, 1.807) is 12.1 Å². The van der Waals surface area contributed by atoms with Crippen LogP contribution in [-0.4, -0.2) is 24.8 Å². The Hall–Kier alpha value is -3.15. The van der Waals surface area contributed by atoms with E-state index in [1.165, 1.54) is 7.11 Å². The van der Waals surface area contributed by atoms with Gasteiger partial charge in [-0.05, 0) is 41.2 Å². The number of hydrogen-bond acceptors (Lipinski definition) is 6. The zero-order valence-electron chi connectivity index (χ0n) is 16.7. The fraction of sp³-hybridized carbons (Fsp3) is 0.348. The van der Waals surface area contributed by atoms with E-state index < -0.39 is 0 Å². The molecule has 3 aliphatic rings. The third-order valence-electron chi connectivity index (χ3n) is 5.89. The second-order valence-electron chi connectivity index (χ2n) is 8.62. The molecule has 0 aromatic heterocycles. The molecule has 0 saturated heterocycles. The molecule has 29 heavy (non-hydrogen) atoms. The van der Waals surface area contributed by atoms with Gasteiger partial charge in [-0.3, -0.25) is 4.79 Å². The van der Waals surface area contributed by atoms with Crippen LogP contribution in [0.25, 0.3) is 0 Å². The van der Waals surface area contributed by atoms with Gasteiger partial charge in [0.15, 0.2) is 28.8 Å². The standard InChI is InChI=1S/C23H23NO5/c1-23(2)9-15-22(17(26)10-23)21(12-4-5-18(27-3)16(25)6-12)13-7-19-20(29-11-28-19)8-14(13)24-15/h4-8,21,24-25H,9-11H2,1-3H3/t21-/m1/s1. The summed E-state index contributed by atoms with van der Waals surface area (Å²) in [5.74, 6) is 1.65. The first-order chi connectivity index (χ1) is 13.9. The van der Waals surface area contributed by atoms with Crippen LogP contribution in [0.5, 0.6) is 23.0 Å². The molecule has 2 aromatic rings. The topological polar surface area (TPSA) is 77.0 Å². The molecule has 1 atom stereocenters. The van der Waals surface area contributed by atoms with E-state index in [0.29, 0.717) is 23.7 Å². The Bertz CT molecular complexity index is 1070. The molecule has 6 nitrogen and oxygen atoms in total. The van der Waals surface area contributed by atoms with Crippen molar-refractivity contribution in [2.45, 2.75) is 32.6 Å². The number of ether oxygens (including phenoxy) is 3. The smallest absolute Gasteiger partial charge is 0.231 e. The van der Waals surface area contributed by atoms with Crippen LogP contribution < -0.4 is 19.5 Å². The van der Waals surface area contributed by atoms with Crippen LogP contribution in [0.15, 0.2) is 41.6 Å². The van der Waals surface area contributed by atoms with Crippen LogP contribution in [-0.2, 0) is 4.79 Å². The van der Waals surface area contributed by atoms with Crippen LogP contribution in [0.3, 0.4) is 0 Å². The quantitative estimate of drug-likeness (QED) is 0.791. The zero-order chi connectivity index (χ0) is 20.3. The third kappa shape index (κ3) is 2.82. The minimum Gasteiger partial charge on any atom is -0.504 e. The molecule has 2 N–H and O–H groups in total. The van der Waals surface area contributed by atoms with E-state index in [9.17, 15) is 9.90 Å². The van der Waals surface area contributed by atoms with Crippen molar-refractivity contribution < 1.29 is 24.1 Å². The second kappa shape index (κ2) is 6.17.